The number of nitrogens with two attached hydrogens (primary N) is 1. The van der Waals surface area contributed by atoms with Gasteiger partial charge in [0.15, 0.2) is 0 Å². The molecule has 0 aliphatic heterocycles. The van der Waals surface area contributed by atoms with Crippen molar-refractivity contribution >= 4 is 16.9 Å². The Morgan fingerprint density at radius 3 is 2.60 bits per heavy atom. The molecule has 0 radical (unpaired) electrons. The van der Waals surface area contributed by atoms with Crippen molar-refractivity contribution in [3.63, 3.8) is 0 Å². The van der Waals surface area contributed by atoms with Crippen LogP contribution in [0.3, 0.4) is 0 Å². The quantitative estimate of drug-likeness (QED) is 0.879. The fourth-order valence-electron chi connectivity index (χ4n) is 2.76. The highest BCUT2D eigenvalue weighted by Gasteiger charge is 2.15. The summed E-state index contributed by atoms with van der Waals surface area (Å²) in [7, 11) is 0. The van der Waals surface area contributed by atoms with E-state index >= 15 is 0 Å². The number of likely N-dealkylation sites (N-methyl/N-ethyl adjacent to an activating group) is 1. The minimum atomic E-state index is 0.579. The maximum absolute atomic E-state index is 5.99. The summed E-state index contributed by atoms with van der Waals surface area (Å²) in [6.07, 6.45) is 2.74. The standard InChI is InChI=1S/C15H25N5/c1-5-7-19(6-2)8-9-20-12(4)11(3)13-14(16)17-10-18-15(13)20/h10H,5-9H2,1-4H3,(H2,16,17,18). The van der Waals surface area contributed by atoms with Gasteiger partial charge in [-0.15, -0.1) is 0 Å². The summed E-state index contributed by atoms with van der Waals surface area (Å²) in [5.41, 5.74) is 9.38. The molecular weight excluding hydrogens is 250 g/mol. The van der Waals surface area contributed by atoms with Gasteiger partial charge in [0.2, 0.25) is 0 Å². The van der Waals surface area contributed by atoms with Gasteiger partial charge in [-0.1, -0.05) is 13.8 Å². The number of rotatable bonds is 6. The van der Waals surface area contributed by atoms with E-state index in [-0.39, 0.29) is 0 Å². The third-order valence-corrected chi connectivity index (χ3v) is 4.06. The van der Waals surface area contributed by atoms with Crippen LogP contribution in [0.15, 0.2) is 6.33 Å². The van der Waals surface area contributed by atoms with Gasteiger partial charge in [-0.05, 0) is 38.9 Å². The summed E-state index contributed by atoms with van der Waals surface area (Å²) in [6, 6.07) is 0. The van der Waals surface area contributed by atoms with E-state index < -0.39 is 0 Å². The monoisotopic (exact) mass is 275 g/mol. The van der Waals surface area contributed by atoms with Crippen LogP contribution in [0.5, 0.6) is 0 Å². The van der Waals surface area contributed by atoms with E-state index in [1.807, 2.05) is 0 Å². The van der Waals surface area contributed by atoms with Crippen molar-refractivity contribution in [1.29, 1.82) is 0 Å². The average Bonchev–Trinajstić information content (AvgIpc) is 2.68. The zero-order valence-corrected chi connectivity index (χ0v) is 13.0. The van der Waals surface area contributed by atoms with Gasteiger partial charge in [-0.25, -0.2) is 9.97 Å². The minimum Gasteiger partial charge on any atom is -0.383 e. The first-order chi connectivity index (χ1) is 9.60. The molecule has 2 aromatic heterocycles. The van der Waals surface area contributed by atoms with Crippen molar-refractivity contribution < 1.29 is 0 Å². The van der Waals surface area contributed by atoms with Crippen molar-refractivity contribution in [2.75, 3.05) is 25.4 Å². The van der Waals surface area contributed by atoms with Crippen molar-refractivity contribution in [2.45, 2.75) is 40.7 Å². The number of nitrogen functional groups attached to an aromatic ring is 1. The lowest BCUT2D eigenvalue weighted by molar-refractivity contribution is 0.277. The maximum atomic E-state index is 5.99. The van der Waals surface area contributed by atoms with Crippen LogP contribution in [0.1, 0.15) is 31.5 Å². The van der Waals surface area contributed by atoms with Gasteiger partial charge in [0.05, 0.1) is 5.39 Å². The molecular formula is C15H25N5. The van der Waals surface area contributed by atoms with Gasteiger partial charge >= 0.3 is 0 Å². The summed E-state index contributed by atoms with van der Waals surface area (Å²) >= 11 is 0. The molecule has 0 aromatic carbocycles. The second-order valence-corrected chi connectivity index (χ2v) is 5.25. The summed E-state index contributed by atoms with van der Waals surface area (Å²) in [5.74, 6) is 0.579. The SMILES string of the molecule is CCCN(CC)CCn1c(C)c(C)c2c(N)ncnc21. The molecule has 0 fully saturated rings. The summed E-state index contributed by atoms with van der Waals surface area (Å²) in [5, 5.41) is 1.00. The predicted molar refractivity (Wildman–Crippen MR) is 83.8 cm³/mol. The second-order valence-electron chi connectivity index (χ2n) is 5.25. The van der Waals surface area contributed by atoms with Crippen LogP contribution >= 0.6 is 0 Å². The van der Waals surface area contributed by atoms with E-state index in [4.69, 9.17) is 5.73 Å². The summed E-state index contributed by atoms with van der Waals surface area (Å²) in [6.45, 7) is 12.9. The lowest BCUT2D eigenvalue weighted by atomic mass is 10.2. The third kappa shape index (κ3) is 2.63. The van der Waals surface area contributed by atoms with Crippen LogP contribution in [-0.2, 0) is 6.54 Å². The largest absolute Gasteiger partial charge is 0.383 e. The zero-order chi connectivity index (χ0) is 14.7. The number of aromatic nitrogens is 3. The Bertz CT molecular complexity index is 587. The number of hydrogen-bond donors (Lipinski definition) is 1. The fourth-order valence-corrected chi connectivity index (χ4v) is 2.76. The molecule has 0 aliphatic rings. The molecule has 2 rings (SSSR count). The molecule has 0 unspecified atom stereocenters. The lowest BCUT2D eigenvalue weighted by Crippen LogP contribution is -2.28. The summed E-state index contributed by atoms with van der Waals surface area (Å²) < 4.78 is 2.26. The minimum absolute atomic E-state index is 0.579. The van der Waals surface area contributed by atoms with Crippen molar-refractivity contribution in [3.8, 4) is 0 Å². The Morgan fingerprint density at radius 2 is 1.95 bits per heavy atom. The molecule has 0 saturated heterocycles. The number of aryl methyl sites for hydroxylation is 1. The molecule has 110 valence electrons. The Morgan fingerprint density at radius 1 is 1.20 bits per heavy atom. The van der Waals surface area contributed by atoms with E-state index in [9.17, 15) is 0 Å². The zero-order valence-electron chi connectivity index (χ0n) is 13.0. The number of hydrogen-bond acceptors (Lipinski definition) is 4. The van der Waals surface area contributed by atoms with E-state index in [1.165, 1.54) is 17.7 Å². The fraction of sp³-hybridized carbons (Fsp3) is 0.600. The van der Waals surface area contributed by atoms with Gasteiger partial charge in [0.1, 0.15) is 17.8 Å². The predicted octanol–water partition coefficient (Wildman–Crippen LogP) is 2.36. The molecule has 0 amide bonds. The molecule has 0 aliphatic carbocycles. The van der Waals surface area contributed by atoms with Gasteiger partial charge < -0.3 is 15.2 Å². The molecule has 2 N–H and O–H groups in total. The maximum Gasteiger partial charge on any atom is 0.145 e. The van der Waals surface area contributed by atoms with Crippen LogP contribution in [0.25, 0.3) is 11.0 Å². The molecule has 2 heterocycles. The van der Waals surface area contributed by atoms with E-state index in [1.54, 1.807) is 6.33 Å². The molecule has 5 nitrogen and oxygen atoms in total. The number of anilines is 1. The molecule has 2 aromatic rings. The normalized spacial score (nSPS) is 11.7. The first-order valence-electron chi connectivity index (χ1n) is 7.38. The number of fused-ring (bicyclic) bond motifs is 1. The Kier molecular flexibility index (Phi) is 4.60. The van der Waals surface area contributed by atoms with Crippen LogP contribution in [0.2, 0.25) is 0 Å². The van der Waals surface area contributed by atoms with E-state index in [0.29, 0.717) is 5.82 Å². The highest BCUT2D eigenvalue weighted by atomic mass is 15.2. The van der Waals surface area contributed by atoms with Crippen molar-refractivity contribution in [1.82, 2.24) is 19.4 Å². The van der Waals surface area contributed by atoms with Crippen molar-refractivity contribution in [2.24, 2.45) is 0 Å². The van der Waals surface area contributed by atoms with E-state index in [2.05, 4.69) is 47.1 Å². The Balaban J connectivity index is 2.30. The highest BCUT2D eigenvalue weighted by molar-refractivity contribution is 5.90. The van der Waals surface area contributed by atoms with Crippen LogP contribution in [0.4, 0.5) is 5.82 Å². The van der Waals surface area contributed by atoms with Gasteiger partial charge in [0.25, 0.3) is 0 Å². The molecule has 0 saturated carbocycles. The first-order valence-corrected chi connectivity index (χ1v) is 7.38. The van der Waals surface area contributed by atoms with Crippen LogP contribution in [0, 0.1) is 13.8 Å². The van der Waals surface area contributed by atoms with Crippen molar-refractivity contribution in [3.05, 3.63) is 17.6 Å². The molecule has 20 heavy (non-hydrogen) atoms. The molecule has 0 atom stereocenters. The van der Waals surface area contributed by atoms with Crippen LogP contribution in [-0.4, -0.2) is 39.1 Å². The topological polar surface area (TPSA) is 60.0 Å². The first kappa shape index (κ1) is 14.8. The lowest BCUT2D eigenvalue weighted by Gasteiger charge is -2.20. The van der Waals surface area contributed by atoms with E-state index in [0.717, 1.165) is 37.2 Å². The van der Waals surface area contributed by atoms with Gasteiger partial charge in [-0.3, -0.25) is 0 Å². The Hall–Kier alpha value is -1.62. The molecule has 0 bridgehead atoms. The molecule has 0 spiro atoms. The average molecular weight is 275 g/mol. The molecule has 5 heteroatoms. The van der Waals surface area contributed by atoms with Crippen LogP contribution < -0.4 is 5.73 Å². The third-order valence-electron chi connectivity index (χ3n) is 4.06. The van der Waals surface area contributed by atoms with Gasteiger partial charge in [0, 0.05) is 18.8 Å². The van der Waals surface area contributed by atoms with Gasteiger partial charge in [-0.2, -0.15) is 0 Å². The Labute approximate surface area is 120 Å². The highest BCUT2D eigenvalue weighted by Crippen LogP contribution is 2.26. The second kappa shape index (κ2) is 6.22. The summed E-state index contributed by atoms with van der Waals surface area (Å²) in [4.78, 5) is 11.0. The number of nitrogens with zero attached hydrogens (tertiary/aromatic N) is 4. The smallest absolute Gasteiger partial charge is 0.145 e.